The van der Waals surface area contributed by atoms with Crippen LogP contribution in [0.4, 0.5) is 0 Å². The molecule has 1 N–H and O–H groups in total. The minimum absolute atomic E-state index is 0.0786. The van der Waals surface area contributed by atoms with E-state index < -0.39 is 6.10 Å². The second-order valence-electron chi connectivity index (χ2n) is 6.03. The summed E-state index contributed by atoms with van der Waals surface area (Å²) in [6.45, 7) is 3.13. The second-order valence-corrected chi connectivity index (χ2v) is 6.03. The summed E-state index contributed by atoms with van der Waals surface area (Å²) >= 11 is 0. The average molecular weight is 311 g/mol. The van der Waals surface area contributed by atoms with Crippen LogP contribution >= 0.6 is 0 Å². The van der Waals surface area contributed by atoms with Crippen LogP contribution in [-0.4, -0.2) is 39.0 Å². The zero-order valence-corrected chi connectivity index (χ0v) is 13.2. The molecule has 0 saturated carbocycles. The van der Waals surface area contributed by atoms with Gasteiger partial charge in [-0.1, -0.05) is 30.3 Å². The number of piperidine rings is 1. The van der Waals surface area contributed by atoms with Crippen molar-refractivity contribution in [3.05, 3.63) is 59.7 Å². The molecule has 1 fully saturated rings. The highest BCUT2D eigenvalue weighted by atomic mass is 16.3. The highest BCUT2D eigenvalue weighted by molar-refractivity contribution is 5.92. The molecule has 1 amide bonds. The zero-order chi connectivity index (χ0) is 16.2. The lowest BCUT2D eigenvalue weighted by Crippen LogP contribution is -2.40. The smallest absolute Gasteiger partial charge is 0.274 e. The van der Waals surface area contributed by atoms with Crippen LogP contribution < -0.4 is 0 Å². The van der Waals surface area contributed by atoms with Gasteiger partial charge in [-0.3, -0.25) is 9.78 Å². The molecule has 23 heavy (non-hydrogen) atoms. The van der Waals surface area contributed by atoms with Crippen molar-refractivity contribution in [3.63, 3.8) is 0 Å². The number of likely N-dealkylation sites (tertiary alicyclic amines) is 1. The van der Waals surface area contributed by atoms with E-state index in [4.69, 9.17) is 0 Å². The van der Waals surface area contributed by atoms with Gasteiger partial charge in [-0.2, -0.15) is 0 Å². The van der Waals surface area contributed by atoms with E-state index in [1.165, 1.54) is 6.20 Å². The third-order valence-electron chi connectivity index (χ3n) is 4.41. The monoisotopic (exact) mass is 311 g/mol. The van der Waals surface area contributed by atoms with Crippen molar-refractivity contribution in [2.24, 2.45) is 5.92 Å². The van der Waals surface area contributed by atoms with Crippen molar-refractivity contribution >= 4 is 5.91 Å². The molecule has 1 aliphatic rings. The minimum Gasteiger partial charge on any atom is -0.388 e. The lowest BCUT2D eigenvalue weighted by molar-refractivity contribution is 0.0458. The summed E-state index contributed by atoms with van der Waals surface area (Å²) in [4.78, 5) is 22.5. The number of carbonyl (C=O) groups is 1. The van der Waals surface area contributed by atoms with E-state index in [1.807, 2.05) is 37.3 Å². The first-order valence-corrected chi connectivity index (χ1v) is 7.96. The molecule has 1 aromatic carbocycles. The number of benzene rings is 1. The summed E-state index contributed by atoms with van der Waals surface area (Å²) in [5, 5.41) is 10.5. The number of amides is 1. The van der Waals surface area contributed by atoms with E-state index >= 15 is 0 Å². The van der Waals surface area contributed by atoms with Crippen molar-refractivity contribution < 1.29 is 9.90 Å². The molecule has 0 aliphatic carbocycles. The minimum atomic E-state index is -0.465. The Kier molecular flexibility index (Phi) is 4.67. The summed E-state index contributed by atoms with van der Waals surface area (Å²) in [5.41, 5.74) is 2.13. The van der Waals surface area contributed by atoms with Gasteiger partial charge < -0.3 is 10.0 Å². The van der Waals surface area contributed by atoms with Crippen LogP contribution in [0.2, 0.25) is 0 Å². The fourth-order valence-electron chi connectivity index (χ4n) is 3.01. The Morgan fingerprint density at radius 3 is 2.48 bits per heavy atom. The number of aliphatic hydroxyl groups is 1. The number of hydrogen-bond acceptors (Lipinski definition) is 4. The second kappa shape index (κ2) is 6.87. The molecule has 2 heterocycles. The van der Waals surface area contributed by atoms with Crippen LogP contribution in [0, 0.1) is 12.8 Å². The summed E-state index contributed by atoms with van der Waals surface area (Å²) in [6.07, 6.45) is 4.26. The third-order valence-corrected chi connectivity index (χ3v) is 4.41. The van der Waals surface area contributed by atoms with Gasteiger partial charge in [0.2, 0.25) is 0 Å². The van der Waals surface area contributed by atoms with Gasteiger partial charge >= 0.3 is 0 Å². The lowest BCUT2D eigenvalue weighted by atomic mass is 9.87. The van der Waals surface area contributed by atoms with E-state index in [0.717, 1.165) is 24.1 Å². The summed E-state index contributed by atoms with van der Waals surface area (Å²) in [7, 11) is 0. The van der Waals surface area contributed by atoms with Crippen LogP contribution in [0.25, 0.3) is 0 Å². The summed E-state index contributed by atoms with van der Waals surface area (Å²) in [5.74, 6) is 0.107. The Balaban J connectivity index is 1.60. The van der Waals surface area contributed by atoms with E-state index in [1.54, 1.807) is 11.1 Å². The van der Waals surface area contributed by atoms with E-state index in [2.05, 4.69) is 9.97 Å². The SMILES string of the molecule is Cc1cnc(C(=O)N2CCC(C(O)c3ccccc3)CC2)cn1. The van der Waals surface area contributed by atoms with Gasteiger partial charge in [-0.25, -0.2) is 4.98 Å². The average Bonchev–Trinajstić information content (AvgIpc) is 2.62. The number of carbonyl (C=O) groups excluding carboxylic acids is 1. The van der Waals surface area contributed by atoms with Gasteiger partial charge in [0.05, 0.1) is 18.0 Å². The molecule has 0 bridgehead atoms. The molecule has 2 aromatic rings. The quantitative estimate of drug-likeness (QED) is 0.945. The predicted molar refractivity (Wildman–Crippen MR) is 86.8 cm³/mol. The van der Waals surface area contributed by atoms with Crippen LogP contribution in [0.15, 0.2) is 42.7 Å². The molecule has 1 atom stereocenters. The summed E-state index contributed by atoms with van der Waals surface area (Å²) < 4.78 is 0. The molecule has 0 spiro atoms. The molecule has 0 radical (unpaired) electrons. The molecular formula is C18H21N3O2. The van der Waals surface area contributed by atoms with Gasteiger partial charge in [0.25, 0.3) is 5.91 Å². The largest absolute Gasteiger partial charge is 0.388 e. The maximum Gasteiger partial charge on any atom is 0.274 e. The molecular weight excluding hydrogens is 290 g/mol. The van der Waals surface area contributed by atoms with Gasteiger partial charge in [0.1, 0.15) is 5.69 Å². The predicted octanol–water partition coefficient (Wildman–Crippen LogP) is 2.37. The first kappa shape index (κ1) is 15.6. The van der Waals surface area contributed by atoms with Gasteiger partial charge in [0, 0.05) is 19.3 Å². The number of rotatable bonds is 3. The maximum atomic E-state index is 12.4. The highest BCUT2D eigenvalue weighted by Crippen LogP contribution is 2.30. The Morgan fingerprint density at radius 1 is 1.17 bits per heavy atom. The van der Waals surface area contributed by atoms with Gasteiger partial charge in [-0.05, 0) is 31.2 Å². The molecule has 1 saturated heterocycles. The van der Waals surface area contributed by atoms with Crippen LogP contribution in [0.1, 0.15) is 40.7 Å². The topological polar surface area (TPSA) is 66.3 Å². The maximum absolute atomic E-state index is 12.4. The van der Waals surface area contributed by atoms with Gasteiger partial charge in [0.15, 0.2) is 0 Å². The lowest BCUT2D eigenvalue weighted by Gasteiger charge is -2.34. The molecule has 1 aromatic heterocycles. The van der Waals surface area contributed by atoms with Crippen molar-refractivity contribution in [2.75, 3.05) is 13.1 Å². The van der Waals surface area contributed by atoms with E-state index in [0.29, 0.717) is 18.8 Å². The van der Waals surface area contributed by atoms with Gasteiger partial charge in [-0.15, -0.1) is 0 Å². The first-order chi connectivity index (χ1) is 11.1. The van der Waals surface area contributed by atoms with Crippen LogP contribution in [0.3, 0.4) is 0 Å². The van der Waals surface area contributed by atoms with Crippen molar-refractivity contribution in [1.29, 1.82) is 0 Å². The highest BCUT2D eigenvalue weighted by Gasteiger charge is 2.29. The fourth-order valence-corrected chi connectivity index (χ4v) is 3.01. The normalized spacial score (nSPS) is 17.0. The van der Waals surface area contributed by atoms with Crippen LogP contribution in [0.5, 0.6) is 0 Å². The number of aromatic nitrogens is 2. The zero-order valence-electron chi connectivity index (χ0n) is 13.2. The first-order valence-electron chi connectivity index (χ1n) is 7.96. The molecule has 1 aliphatic heterocycles. The molecule has 5 nitrogen and oxygen atoms in total. The Morgan fingerprint density at radius 2 is 1.87 bits per heavy atom. The van der Waals surface area contributed by atoms with Crippen molar-refractivity contribution in [1.82, 2.24) is 14.9 Å². The number of aryl methyl sites for hydroxylation is 1. The number of nitrogens with zero attached hydrogens (tertiary/aromatic N) is 3. The molecule has 1 unspecified atom stereocenters. The molecule has 3 rings (SSSR count). The summed E-state index contributed by atoms with van der Waals surface area (Å²) in [6, 6.07) is 9.72. The number of hydrogen-bond donors (Lipinski definition) is 1. The van der Waals surface area contributed by atoms with Crippen LogP contribution in [-0.2, 0) is 0 Å². The number of aliphatic hydroxyl groups excluding tert-OH is 1. The fraction of sp³-hybridized carbons (Fsp3) is 0.389. The molecule has 120 valence electrons. The van der Waals surface area contributed by atoms with E-state index in [-0.39, 0.29) is 11.8 Å². The standard InChI is InChI=1S/C18H21N3O2/c1-13-11-20-16(12-19-13)18(23)21-9-7-15(8-10-21)17(22)14-5-3-2-4-6-14/h2-6,11-12,15,17,22H,7-10H2,1H3. The Labute approximate surface area is 136 Å². The molecule has 5 heteroatoms. The Hall–Kier alpha value is -2.27. The van der Waals surface area contributed by atoms with E-state index in [9.17, 15) is 9.90 Å². The van der Waals surface area contributed by atoms with Crippen molar-refractivity contribution in [3.8, 4) is 0 Å². The third kappa shape index (κ3) is 3.56. The van der Waals surface area contributed by atoms with Crippen molar-refractivity contribution in [2.45, 2.75) is 25.9 Å². The Bertz CT molecular complexity index is 650.